The molecule has 1 aliphatic rings. The fraction of sp³-hybridized carbons (Fsp3) is 0.400. The van der Waals surface area contributed by atoms with Gasteiger partial charge in [0.15, 0.2) is 0 Å². The summed E-state index contributed by atoms with van der Waals surface area (Å²) in [5.41, 5.74) is 2.31. The molecule has 120 valence electrons. The average Bonchev–Trinajstić information content (AvgIpc) is 3.02. The highest BCUT2D eigenvalue weighted by atomic mass is 28.3. The maximum absolute atomic E-state index is 5.03. The molecule has 1 aromatic carbocycles. The molecule has 23 heavy (non-hydrogen) atoms. The number of pyridine rings is 1. The number of hydrogen-bond acceptors (Lipinski definition) is 2. The highest BCUT2D eigenvalue weighted by Crippen LogP contribution is 2.37. The summed E-state index contributed by atoms with van der Waals surface area (Å²) in [4.78, 5) is 9.72. The van der Waals surface area contributed by atoms with E-state index in [1.54, 1.807) is 0 Å². The lowest BCUT2D eigenvalue weighted by Crippen LogP contribution is -2.40. The normalized spacial score (nSPS) is 21.9. The zero-order valence-electron chi connectivity index (χ0n) is 14.4. The van der Waals surface area contributed by atoms with Crippen LogP contribution in [-0.4, -0.2) is 19.3 Å². The molecule has 2 aromatic rings. The van der Waals surface area contributed by atoms with Gasteiger partial charge in [0.25, 0.3) is 0 Å². The number of nitrogens with zero attached hydrogens (tertiary/aromatic N) is 2. The molecule has 2 atom stereocenters. The largest absolute Gasteiger partial charge is 0.262 e. The predicted octanol–water partition coefficient (Wildman–Crippen LogP) is 4.91. The van der Waals surface area contributed by atoms with Crippen molar-refractivity contribution in [1.82, 2.24) is 4.98 Å². The van der Waals surface area contributed by atoms with Gasteiger partial charge < -0.3 is 0 Å². The summed E-state index contributed by atoms with van der Waals surface area (Å²) >= 11 is 0. The first kappa shape index (κ1) is 16.1. The van der Waals surface area contributed by atoms with Crippen molar-refractivity contribution in [2.45, 2.75) is 44.8 Å². The van der Waals surface area contributed by atoms with Gasteiger partial charge in [0.1, 0.15) is 8.07 Å². The van der Waals surface area contributed by atoms with Gasteiger partial charge >= 0.3 is 0 Å². The van der Waals surface area contributed by atoms with Gasteiger partial charge in [0.05, 0.1) is 5.69 Å². The quantitative estimate of drug-likeness (QED) is 0.580. The highest BCUT2D eigenvalue weighted by molar-refractivity contribution is 6.88. The minimum atomic E-state index is -1.35. The van der Waals surface area contributed by atoms with Gasteiger partial charge in [-0.15, -0.1) is 0 Å². The third-order valence-electron chi connectivity index (χ3n) is 4.66. The number of hydrogen-bond donors (Lipinski definition) is 0. The fourth-order valence-corrected chi connectivity index (χ4v) is 4.37. The Morgan fingerprint density at radius 1 is 1.00 bits per heavy atom. The van der Waals surface area contributed by atoms with Crippen molar-refractivity contribution in [3.63, 3.8) is 0 Å². The Labute approximate surface area is 140 Å². The summed E-state index contributed by atoms with van der Waals surface area (Å²) in [6, 6.07) is 16.8. The van der Waals surface area contributed by atoms with Gasteiger partial charge in [0.2, 0.25) is 0 Å². The molecular weight excluding hydrogens is 296 g/mol. The van der Waals surface area contributed by atoms with Crippen molar-refractivity contribution in [1.29, 1.82) is 0 Å². The Balaban J connectivity index is 1.81. The van der Waals surface area contributed by atoms with E-state index in [0.29, 0.717) is 11.8 Å². The van der Waals surface area contributed by atoms with Crippen LogP contribution in [0, 0.1) is 5.92 Å². The number of benzene rings is 1. The second-order valence-electron chi connectivity index (χ2n) is 7.51. The Kier molecular flexibility index (Phi) is 4.76. The van der Waals surface area contributed by atoms with Crippen molar-refractivity contribution in [2.75, 3.05) is 0 Å². The van der Waals surface area contributed by atoms with Crippen LogP contribution in [0.15, 0.2) is 53.5 Å². The summed E-state index contributed by atoms with van der Waals surface area (Å²) in [6.45, 7) is 7.09. The van der Waals surface area contributed by atoms with Gasteiger partial charge in [0, 0.05) is 29.1 Å². The number of aromatic nitrogens is 1. The van der Waals surface area contributed by atoms with Crippen molar-refractivity contribution >= 4 is 25.3 Å². The molecule has 3 heteroatoms. The summed E-state index contributed by atoms with van der Waals surface area (Å²) in [7, 11) is -1.35. The number of para-hydroxylation sites is 1. The summed E-state index contributed by atoms with van der Waals surface area (Å²) in [6.07, 6.45) is 5.89. The van der Waals surface area contributed by atoms with E-state index in [-0.39, 0.29) is 0 Å². The Morgan fingerprint density at radius 2 is 1.78 bits per heavy atom. The van der Waals surface area contributed by atoms with E-state index < -0.39 is 8.07 Å². The fourth-order valence-electron chi connectivity index (χ4n) is 3.31. The van der Waals surface area contributed by atoms with E-state index in [4.69, 9.17) is 9.98 Å². The topological polar surface area (TPSA) is 25.2 Å². The lowest BCUT2D eigenvalue weighted by Gasteiger charge is -2.20. The molecule has 1 heterocycles. The van der Waals surface area contributed by atoms with Crippen molar-refractivity contribution in [2.24, 2.45) is 10.9 Å². The van der Waals surface area contributed by atoms with Crippen LogP contribution in [0.1, 0.15) is 30.9 Å². The summed E-state index contributed by atoms with van der Waals surface area (Å²) < 4.78 is 0. The van der Waals surface area contributed by atoms with E-state index >= 15 is 0 Å². The van der Waals surface area contributed by atoms with Crippen LogP contribution >= 0.6 is 0 Å². The number of rotatable bonds is 4. The van der Waals surface area contributed by atoms with Crippen LogP contribution in [0.5, 0.6) is 0 Å². The first-order valence-electron chi connectivity index (χ1n) is 8.61. The van der Waals surface area contributed by atoms with E-state index in [1.165, 1.54) is 30.3 Å². The molecule has 2 unspecified atom stereocenters. The SMILES string of the molecule is C[Si](C)(C)c1cccc(C2CCCC2C=Nc2ccccc2)n1. The molecule has 0 bridgehead atoms. The smallest absolute Gasteiger partial charge is 0.101 e. The predicted molar refractivity (Wildman–Crippen MR) is 102 cm³/mol. The first-order valence-corrected chi connectivity index (χ1v) is 12.1. The van der Waals surface area contributed by atoms with Gasteiger partial charge in [-0.25, -0.2) is 0 Å². The lowest BCUT2D eigenvalue weighted by atomic mass is 9.93. The van der Waals surface area contributed by atoms with E-state index in [2.05, 4.69) is 56.2 Å². The Bertz CT molecular complexity index is 674. The van der Waals surface area contributed by atoms with Gasteiger partial charge in [-0.05, 0) is 37.1 Å². The summed E-state index contributed by atoms with van der Waals surface area (Å²) in [5, 5.41) is 1.32. The second kappa shape index (κ2) is 6.79. The minimum Gasteiger partial charge on any atom is -0.262 e. The molecular formula is C20H26N2Si. The second-order valence-corrected chi connectivity index (χ2v) is 12.5. The van der Waals surface area contributed by atoms with Crippen molar-refractivity contribution < 1.29 is 0 Å². The number of aliphatic imine (C=N–C) groups is 1. The molecule has 0 radical (unpaired) electrons. The molecule has 2 nitrogen and oxygen atoms in total. The molecule has 0 aliphatic heterocycles. The third kappa shape index (κ3) is 3.97. The molecule has 0 N–H and O–H groups in total. The van der Waals surface area contributed by atoms with Crippen LogP contribution in [0.4, 0.5) is 5.69 Å². The molecule has 1 saturated carbocycles. The van der Waals surface area contributed by atoms with Gasteiger partial charge in [-0.3, -0.25) is 9.98 Å². The molecule has 1 aliphatic carbocycles. The maximum Gasteiger partial charge on any atom is 0.101 e. The Morgan fingerprint density at radius 3 is 2.52 bits per heavy atom. The zero-order valence-corrected chi connectivity index (χ0v) is 15.4. The molecule has 1 fully saturated rings. The third-order valence-corrected chi connectivity index (χ3v) is 6.47. The highest BCUT2D eigenvalue weighted by Gasteiger charge is 2.29. The Hall–Kier alpha value is -1.74. The standard InChI is InChI=1S/C20H26N2Si/c1-23(2,3)20-14-8-13-19(22-20)18-12-7-9-16(18)15-21-17-10-5-4-6-11-17/h4-6,8,10-11,13-16,18H,7,9,12H2,1-3H3. The van der Waals surface area contributed by atoms with Crippen LogP contribution in [-0.2, 0) is 0 Å². The van der Waals surface area contributed by atoms with E-state index in [0.717, 1.165) is 5.69 Å². The molecule has 0 amide bonds. The minimum absolute atomic E-state index is 0.514. The van der Waals surface area contributed by atoms with Crippen LogP contribution in [0.25, 0.3) is 0 Å². The average molecular weight is 323 g/mol. The van der Waals surface area contributed by atoms with Gasteiger partial charge in [-0.1, -0.05) is 50.3 Å². The summed E-state index contributed by atoms with van der Waals surface area (Å²) in [5.74, 6) is 1.04. The van der Waals surface area contributed by atoms with E-state index in [9.17, 15) is 0 Å². The monoisotopic (exact) mass is 322 g/mol. The van der Waals surface area contributed by atoms with Crippen molar-refractivity contribution in [3.8, 4) is 0 Å². The van der Waals surface area contributed by atoms with Crippen LogP contribution in [0.3, 0.4) is 0 Å². The maximum atomic E-state index is 5.03. The molecule has 3 rings (SSSR count). The lowest BCUT2D eigenvalue weighted by molar-refractivity contribution is 0.618. The zero-order chi connectivity index (χ0) is 16.3. The molecule has 0 spiro atoms. The van der Waals surface area contributed by atoms with Crippen LogP contribution in [0.2, 0.25) is 19.6 Å². The molecule has 1 aromatic heterocycles. The van der Waals surface area contributed by atoms with Crippen LogP contribution < -0.4 is 5.32 Å². The molecule has 0 saturated heterocycles. The van der Waals surface area contributed by atoms with Gasteiger partial charge in [-0.2, -0.15) is 0 Å². The van der Waals surface area contributed by atoms with E-state index in [1.807, 2.05) is 18.2 Å². The van der Waals surface area contributed by atoms with Crippen molar-refractivity contribution in [3.05, 3.63) is 54.2 Å². The first-order chi connectivity index (χ1) is 11.0.